The fraction of sp³-hybridized carbons (Fsp3) is 0.435. The quantitative estimate of drug-likeness (QED) is 0.674. The molecule has 31 heavy (non-hydrogen) atoms. The largest absolute Gasteiger partial charge is 0.497 e. The predicted octanol–water partition coefficient (Wildman–Crippen LogP) is 2.82. The predicted molar refractivity (Wildman–Crippen MR) is 121 cm³/mol. The number of piperazine rings is 1. The van der Waals surface area contributed by atoms with Gasteiger partial charge in [-0.1, -0.05) is 12.1 Å². The topological polar surface area (TPSA) is 75.3 Å². The first-order chi connectivity index (χ1) is 15.0. The summed E-state index contributed by atoms with van der Waals surface area (Å²) in [5.74, 6) is 1.99. The van der Waals surface area contributed by atoms with Crippen molar-refractivity contribution in [2.75, 3.05) is 66.4 Å². The maximum absolute atomic E-state index is 12.9. The van der Waals surface area contributed by atoms with Crippen LogP contribution >= 0.6 is 0 Å². The van der Waals surface area contributed by atoms with Gasteiger partial charge in [0.2, 0.25) is 0 Å². The van der Waals surface area contributed by atoms with E-state index in [1.165, 1.54) is 0 Å². The molecule has 2 amide bonds. The van der Waals surface area contributed by atoms with E-state index in [0.29, 0.717) is 17.2 Å². The standard InChI is InChI=1S/C23H32N4O4/c1-26-11-13-27(14-12-26)16-21(17-5-7-18(29-2)8-6-17)25-23(28)24-20-15-19(30-3)9-10-22(20)31-4/h5-10,15,21H,11-14,16H2,1-4H3,(H2,24,25,28)/t21-/m1/s1. The van der Waals surface area contributed by atoms with Crippen LogP contribution in [0.1, 0.15) is 11.6 Å². The van der Waals surface area contributed by atoms with Crippen LogP contribution < -0.4 is 24.8 Å². The molecule has 1 fully saturated rings. The normalized spacial score (nSPS) is 15.7. The van der Waals surface area contributed by atoms with Gasteiger partial charge >= 0.3 is 6.03 Å². The van der Waals surface area contributed by atoms with Crippen LogP contribution in [0.2, 0.25) is 0 Å². The van der Waals surface area contributed by atoms with Crippen molar-refractivity contribution in [2.24, 2.45) is 0 Å². The summed E-state index contributed by atoms with van der Waals surface area (Å²) in [4.78, 5) is 17.6. The Kier molecular flexibility index (Phi) is 7.97. The molecule has 8 heteroatoms. The molecule has 0 bridgehead atoms. The van der Waals surface area contributed by atoms with Gasteiger partial charge in [-0.3, -0.25) is 4.90 Å². The number of benzene rings is 2. The summed E-state index contributed by atoms with van der Waals surface area (Å²) in [6.45, 7) is 4.69. The number of anilines is 1. The highest BCUT2D eigenvalue weighted by Gasteiger charge is 2.22. The van der Waals surface area contributed by atoms with Crippen molar-refractivity contribution in [1.82, 2.24) is 15.1 Å². The molecule has 2 aromatic carbocycles. The van der Waals surface area contributed by atoms with Crippen molar-refractivity contribution in [2.45, 2.75) is 6.04 Å². The number of hydrogen-bond donors (Lipinski definition) is 2. The molecule has 0 aliphatic carbocycles. The maximum Gasteiger partial charge on any atom is 0.319 e. The molecule has 0 radical (unpaired) electrons. The Bertz CT molecular complexity index is 851. The average molecular weight is 429 g/mol. The second kappa shape index (κ2) is 10.9. The first-order valence-electron chi connectivity index (χ1n) is 10.4. The minimum Gasteiger partial charge on any atom is -0.497 e. The lowest BCUT2D eigenvalue weighted by atomic mass is 10.1. The van der Waals surface area contributed by atoms with Crippen molar-refractivity contribution in [3.8, 4) is 17.2 Å². The van der Waals surface area contributed by atoms with Crippen LogP contribution in [0.5, 0.6) is 17.2 Å². The number of nitrogens with zero attached hydrogens (tertiary/aromatic N) is 2. The second-order valence-corrected chi connectivity index (χ2v) is 7.59. The van der Waals surface area contributed by atoms with E-state index in [9.17, 15) is 4.79 Å². The number of nitrogens with one attached hydrogen (secondary N) is 2. The SMILES string of the molecule is COc1ccc([C@@H](CN2CCN(C)CC2)NC(=O)Nc2cc(OC)ccc2OC)cc1. The Morgan fingerprint density at radius 3 is 2.19 bits per heavy atom. The Hall–Kier alpha value is -2.97. The first-order valence-corrected chi connectivity index (χ1v) is 10.4. The molecule has 0 aromatic heterocycles. The zero-order valence-electron chi connectivity index (χ0n) is 18.7. The van der Waals surface area contributed by atoms with Crippen molar-refractivity contribution in [3.63, 3.8) is 0 Å². The van der Waals surface area contributed by atoms with Gasteiger partial charge in [0.25, 0.3) is 0 Å². The van der Waals surface area contributed by atoms with Crippen molar-refractivity contribution in [1.29, 1.82) is 0 Å². The van der Waals surface area contributed by atoms with Gasteiger partial charge in [0.1, 0.15) is 17.2 Å². The molecule has 1 aliphatic rings. The highest BCUT2D eigenvalue weighted by Crippen LogP contribution is 2.29. The van der Waals surface area contributed by atoms with E-state index in [0.717, 1.165) is 44.0 Å². The van der Waals surface area contributed by atoms with Gasteiger partial charge in [0, 0.05) is 38.8 Å². The lowest BCUT2D eigenvalue weighted by Gasteiger charge is -2.35. The van der Waals surface area contributed by atoms with E-state index in [2.05, 4.69) is 27.5 Å². The molecule has 1 heterocycles. The molecule has 0 spiro atoms. The molecule has 8 nitrogen and oxygen atoms in total. The van der Waals surface area contributed by atoms with Crippen LogP contribution in [-0.2, 0) is 0 Å². The number of urea groups is 1. The third-order valence-electron chi connectivity index (χ3n) is 5.52. The van der Waals surface area contributed by atoms with E-state index in [-0.39, 0.29) is 12.1 Å². The van der Waals surface area contributed by atoms with Crippen molar-refractivity contribution in [3.05, 3.63) is 48.0 Å². The van der Waals surface area contributed by atoms with Crippen molar-refractivity contribution < 1.29 is 19.0 Å². The third-order valence-corrected chi connectivity index (χ3v) is 5.52. The third kappa shape index (κ3) is 6.26. The van der Waals surface area contributed by atoms with E-state index in [4.69, 9.17) is 14.2 Å². The molecule has 0 saturated carbocycles. The van der Waals surface area contributed by atoms with Gasteiger partial charge in [0.05, 0.1) is 33.1 Å². The summed E-state index contributed by atoms with van der Waals surface area (Å²) in [5.41, 5.74) is 1.57. The van der Waals surface area contributed by atoms with Gasteiger partial charge in [-0.2, -0.15) is 0 Å². The Balaban J connectivity index is 1.74. The minimum atomic E-state index is -0.304. The molecule has 2 aromatic rings. The summed E-state index contributed by atoms with van der Waals surface area (Å²) < 4.78 is 15.9. The van der Waals surface area contributed by atoms with E-state index >= 15 is 0 Å². The minimum absolute atomic E-state index is 0.175. The fourth-order valence-corrected chi connectivity index (χ4v) is 3.59. The van der Waals surface area contributed by atoms with Gasteiger partial charge in [0.15, 0.2) is 0 Å². The van der Waals surface area contributed by atoms with Crippen LogP contribution in [0.3, 0.4) is 0 Å². The number of ether oxygens (including phenoxy) is 3. The summed E-state index contributed by atoms with van der Waals surface area (Å²) in [7, 11) is 6.93. The van der Waals surface area contributed by atoms with Gasteiger partial charge in [-0.15, -0.1) is 0 Å². The smallest absolute Gasteiger partial charge is 0.319 e. The Morgan fingerprint density at radius 2 is 1.58 bits per heavy atom. The van der Waals surface area contributed by atoms with Gasteiger partial charge < -0.3 is 29.7 Å². The monoisotopic (exact) mass is 428 g/mol. The van der Waals surface area contributed by atoms with Crippen molar-refractivity contribution >= 4 is 11.7 Å². The molecule has 1 saturated heterocycles. The van der Waals surface area contributed by atoms with Crippen LogP contribution in [-0.4, -0.2) is 76.9 Å². The second-order valence-electron chi connectivity index (χ2n) is 7.59. The highest BCUT2D eigenvalue weighted by atomic mass is 16.5. The summed E-state index contributed by atoms with van der Waals surface area (Å²) in [6.07, 6.45) is 0. The lowest BCUT2D eigenvalue weighted by molar-refractivity contribution is 0.143. The first kappa shape index (κ1) is 22.7. The van der Waals surface area contributed by atoms with Gasteiger partial charge in [-0.25, -0.2) is 4.79 Å². The molecule has 168 valence electrons. The number of carbonyl (C=O) groups excluding carboxylic acids is 1. The van der Waals surface area contributed by atoms with Gasteiger partial charge in [-0.05, 0) is 36.9 Å². The van der Waals surface area contributed by atoms with Crippen LogP contribution in [0.25, 0.3) is 0 Å². The Morgan fingerprint density at radius 1 is 0.935 bits per heavy atom. The molecule has 1 aliphatic heterocycles. The number of carbonyl (C=O) groups is 1. The Labute approximate surface area is 184 Å². The van der Waals surface area contributed by atoms with E-state index < -0.39 is 0 Å². The molecule has 1 atom stereocenters. The molecule has 3 rings (SSSR count). The summed E-state index contributed by atoms with van der Waals surface area (Å²) in [5, 5.41) is 6.02. The zero-order chi connectivity index (χ0) is 22.2. The average Bonchev–Trinajstić information content (AvgIpc) is 2.80. The highest BCUT2D eigenvalue weighted by molar-refractivity contribution is 5.91. The number of hydrogen-bond acceptors (Lipinski definition) is 6. The number of rotatable bonds is 8. The van der Waals surface area contributed by atoms with Crippen LogP contribution in [0.15, 0.2) is 42.5 Å². The van der Waals surface area contributed by atoms with E-state index in [1.807, 2.05) is 24.3 Å². The zero-order valence-corrected chi connectivity index (χ0v) is 18.7. The molecule has 0 unspecified atom stereocenters. The van der Waals surface area contributed by atoms with E-state index in [1.54, 1.807) is 39.5 Å². The fourth-order valence-electron chi connectivity index (χ4n) is 3.59. The van der Waals surface area contributed by atoms with Crippen LogP contribution in [0, 0.1) is 0 Å². The number of methoxy groups -OCH3 is 3. The summed E-state index contributed by atoms with van der Waals surface area (Å²) >= 11 is 0. The molecular formula is C23H32N4O4. The van der Waals surface area contributed by atoms with Crippen LogP contribution in [0.4, 0.5) is 10.5 Å². The molecule has 2 N–H and O–H groups in total. The summed E-state index contributed by atoms with van der Waals surface area (Å²) in [6, 6.07) is 12.6. The molecular weight excluding hydrogens is 396 g/mol. The number of amides is 2. The number of likely N-dealkylation sites (N-methyl/N-ethyl adjacent to an activating group) is 1. The lowest BCUT2D eigenvalue weighted by Crippen LogP contribution is -2.48. The maximum atomic E-state index is 12.9.